The second-order valence-corrected chi connectivity index (χ2v) is 7.21. The van der Waals surface area contributed by atoms with E-state index in [0.717, 1.165) is 38.9 Å². The number of aliphatic hydroxyl groups excluding tert-OH is 1. The molecule has 2 aromatic carbocycles. The summed E-state index contributed by atoms with van der Waals surface area (Å²) in [5, 5.41) is 14.3. The van der Waals surface area contributed by atoms with E-state index >= 15 is 0 Å². The molecule has 3 aromatic rings. The maximum absolute atomic E-state index is 13.1. The molecule has 4 nitrogen and oxygen atoms in total. The number of aryl methyl sites for hydroxylation is 3. The number of carbonyl (C=O) groups is 1. The number of aromatic nitrogens is 1. The first kappa shape index (κ1) is 16.7. The first-order valence-electron chi connectivity index (χ1n) is 8.89. The average Bonchev–Trinajstić information content (AvgIpc) is 2.90. The molecule has 2 atom stereocenters. The Morgan fingerprint density at radius 2 is 1.92 bits per heavy atom. The number of pyridine rings is 1. The molecule has 1 aliphatic carbocycles. The van der Waals surface area contributed by atoms with Crippen molar-refractivity contribution in [2.75, 3.05) is 0 Å². The van der Waals surface area contributed by atoms with Crippen molar-refractivity contribution in [1.29, 1.82) is 0 Å². The predicted octanol–water partition coefficient (Wildman–Crippen LogP) is 3.55. The molecule has 0 unspecified atom stereocenters. The van der Waals surface area contributed by atoms with E-state index < -0.39 is 6.10 Å². The summed E-state index contributed by atoms with van der Waals surface area (Å²) in [6, 6.07) is 13.4. The zero-order valence-electron chi connectivity index (χ0n) is 15.2. The summed E-state index contributed by atoms with van der Waals surface area (Å²) in [6.07, 6.45) is -0.0378. The molecule has 0 radical (unpaired) electrons. The monoisotopic (exact) mass is 346 g/mol. The van der Waals surface area contributed by atoms with Crippen LogP contribution in [0.3, 0.4) is 0 Å². The van der Waals surface area contributed by atoms with Crippen molar-refractivity contribution in [2.24, 2.45) is 0 Å². The number of fused-ring (bicyclic) bond motifs is 2. The van der Waals surface area contributed by atoms with Crippen LogP contribution >= 0.6 is 0 Å². The normalized spacial score (nSPS) is 18.8. The Kier molecular flexibility index (Phi) is 4.00. The predicted molar refractivity (Wildman–Crippen MR) is 102 cm³/mol. The molecular weight excluding hydrogens is 324 g/mol. The van der Waals surface area contributed by atoms with E-state index in [0.29, 0.717) is 12.0 Å². The van der Waals surface area contributed by atoms with Gasteiger partial charge in [0.25, 0.3) is 5.91 Å². The molecule has 0 saturated heterocycles. The highest BCUT2D eigenvalue weighted by Gasteiger charge is 2.32. The van der Waals surface area contributed by atoms with Crippen LogP contribution in [0.25, 0.3) is 10.9 Å². The van der Waals surface area contributed by atoms with Crippen molar-refractivity contribution in [2.45, 2.75) is 39.3 Å². The maximum Gasteiger partial charge on any atom is 0.252 e. The molecule has 0 fully saturated rings. The van der Waals surface area contributed by atoms with Crippen LogP contribution in [0.15, 0.2) is 42.5 Å². The summed E-state index contributed by atoms with van der Waals surface area (Å²) in [7, 11) is 0. The van der Waals surface area contributed by atoms with Crippen LogP contribution in [0, 0.1) is 20.8 Å². The lowest BCUT2D eigenvalue weighted by atomic mass is 10.0. The van der Waals surface area contributed by atoms with Crippen LogP contribution in [-0.2, 0) is 6.42 Å². The molecule has 1 amide bonds. The quantitative estimate of drug-likeness (QED) is 0.746. The van der Waals surface area contributed by atoms with Crippen LogP contribution in [-0.4, -0.2) is 22.1 Å². The Balaban J connectivity index is 1.76. The molecule has 1 heterocycles. The van der Waals surface area contributed by atoms with Gasteiger partial charge in [-0.25, -0.2) is 0 Å². The Morgan fingerprint density at radius 3 is 2.73 bits per heavy atom. The van der Waals surface area contributed by atoms with Crippen molar-refractivity contribution in [3.05, 3.63) is 76.0 Å². The number of carbonyl (C=O) groups excluding carboxylic acids is 1. The summed E-state index contributed by atoms with van der Waals surface area (Å²) >= 11 is 0. The van der Waals surface area contributed by atoms with E-state index in [1.807, 2.05) is 57.2 Å². The van der Waals surface area contributed by atoms with E-state index in [1.165, 1.54) is 0 Å². The van der Waals surface area contributed by atoms with Crippen molar-refractivity contribution < 1.29 is 9.90 Å². The molecular formula is C22H22N2O2. The van der Waals surface area contributed by atoms with Crippen LogP contribution in [0.1, 0.15) is 44.3 Å². The number of nitrogens with one attached hydrogen (secondary N) is 1. The molecule has 0 spiro atoms. The van der Waals surface area contributed by atoms with Gasteiger partial charge < -0.3 is 10.4 Å². The average molecular weight is 346 g/mol. The number of rotatable bonds is 2. The lowest BCUT2D eigenvalue weighted by molar-refractivity contribution is 0.0859. The lowest BCUT2D eigenvalue weighted by Crippen LogP contribution is -2.34. The van der Waals surface area contributed by atoms with Crippen LogP contribution < -0.4 is 5.32 Å². The van der Waals surface area contributed by atoms with E-state index in [4.69, 9.17) is 0 Å². The van der Waals surface area contributed by atoms with Crippen molar-refractivity contribution in [3.63, 3.8) is 0 Å². The first-order valence-corrected chi connectivity index (χ1v) is 8.89. The number of amides is 1. The van der Waals surface area contributed by atoms with E-state index in [-0.39, 0.29) is 11.9 Å². The minimum atomic E-state index is -0.603. The third-order valence-electron chi connectivity index (χ3n) is 5.11. The SMILES string of the molecule is Cc1cc(C)c2nc(C)cc(C(=O)N[C@@H]3c4ccccc4C[C@H]3O)c2c1. The number of hydrogen-bond acceptors (Lipinski definition) is 3. The Labute approximate surface area is 152 Å². The Bertz CT molecular complexity index is 1030. The molecule has 0 saturated carbocycles. The van der Waals surface area contributed by atoms with Gasteiger partial charge in [0, 0.05) is 17.5 Å². The van der Waals surface area contributed by atoms with E-state index in [2.05, 4.69) is 16.4 Å². The number of hydrogen-bond donors (Lipinski definition) is 2. The molecule has 0 bridgehead atoms. The van der Waals surface area contributed by atoms with Gasteiger partial charge in [-0.3, -0.25) is 9.78 Å². The summed E-state index contributed by atoms with van der Waals surface area (Å²) in [6.45, 7) is 5.93. The molecule has 4 heteroatoms. The second-order valence-electron chi connectivity index (χ2n) is 7.21. The summed E-state index contributed by atoms with van der Waals surface area (Å²) in [5.41, 5.74) is 6.51. The van der Waals surface area contributed by atoms with Crippen LogP contribution in [0.4, 0.5) is 0 Å². The highest BCUT2D eigenvalue weighted by atomic mass is 16.3. The van der Waals surface area contributed by atoms with Gasteiger partial charge in [0.1, 0.15) is 0 Å². The van der Waals surface area contributed by atoms with Gasteiger partial charge in [-0.15, -0.1) is 0 Å². The van der Waals surface area contributed by atoms with Gasteiger partial charge in [-0.05, 0) is 49.6 Å². The first-order chi connectivity index (χ1) is 12.4. The summed E-state index contributed by atoms with van der Waals surface area (Å²) in [5.74, 6) is -0.175. The topological polar surface area (TPSA) is 62.2 Å². The van der Waals surface area contributed by atoms with Gasteiger partial charge >= 0.3 is 0 Å². The van der Waals surface area contributed by atoms with Crippen molar-refractivity contribution in [1.82, 2.24) is 10.3 Å². The zero-order chi connectivity index (χ0) is 18.4. The molecule has 2 N–H and O–H groups in total. The highest BCUT2D eigenvalue weighted by Crippen LogP contribution is 2.32. The highest BCUT2D eigenvalue weighted by molar-refractivity contribution is 6.07. The standard InChI is InChI=1S/C22H22N2O2/c1-12-8-13(2)20-17(9-12)18(10-14(3)23-20)22(26)24-21-16-7-5-4-6-15(16)11-19(21)25/h4-10,19,21,25H,11H2,1-3H3,(H,24,26)/t19-,21-/m1/s1. The number of aliphatic hydroxyl groups is 1. The minimum absolute atomic E-state index is 0.175. The van der Waals surface area contributed by atoms with Gasteiger partial charge in [0.05, 0.1) is 23.2 Å². The number of benzene rings is 2. The summed E-state index contributed by atoms with van der Waals surface area (Å²) in [4.78, 5) is 17.7. The smallest absolute Gasteiger partial charge is 0.252 e. The van der Waals surface area contributed by atoms with Crippen molar-refractivity contribution in [3.8, 4) is 0 Å². The van der Waals surface area contributed by atoms with Gasteiger partial charge in [0.2, 0.25) is 0 Å². The molecule has 0 aliphatic heterocycles. The fourth-order valence-electron chi connectivity index (χ4n) is 3.96. The fourth-order valence-corrected chi connectivity index (χ4v) is 3.96. The number of nitrogens with zero attached hydrogens (tertiary/aromatic N) is 1. The van der Waals surface area contributed by atoms with E-state index in [9.17, 15) is 9.90 Å². The Hall–Kier alpha value is -2.72. The third kappa shape index (κ3) is 2.76. The van der Waals surface area contributed by atoms with Gasteiger partial charge in [-0.1, -0.05) is 35.9 Å². The van der Waals surface area contributed by atoms with E-state index in [1.54, 1.807) is 0 Å². The Morgan fingerprint density at radius 1 is 1.15 bits per heavy atom. The fraction of sp³-hybridized carbons (Fsp3) is 0.273. The largest absolute Gasteiger partial charge is 0.390 e. The molecule has 132 valence electrons. The maximum atomic E-state index is 13.1. The molecule has 4 rings (SSSR count). The third-order valence-corrected chi connectivity index (χ3v) is 5.11. The zero-order valence-corrected chi connectivity index (χ0v) is 15.2. The van der Waals surface area contributed by atoms with Crippen LogP contribution in [0.2, 0.25) is 0 Å². The van der Waals surface area contributed by atoms with Crippen LogP contribution in [0.5, 0.6) is 0 Å². The minimum Gasteiger partial charge on any atom is -0.390 e. The lowest BCUT2D eigenvalue weighted by Gasteiger charge is -2.19. The summed E-state index contributed by atoms with van der Waals surface area (Å²) < 4.78 is 0. The van der Waals surface area contributed by atoms with Crippen molar-refractivity contribution >= 4 is 16.8 Å². The molecule has 1 aliphatic rings. The molecule has 1 aromatic heterocycles. The second kappa shape index (κ2) is 6.22. The van der Waals surface area contributed by atoms with Gasteiger partial charge in [-0.2, -0.15) is 0 Å². The molecule has 26 heavy (non-hydrogen) atoms. The van der Waals surface area contributed by atoms with Gasteiger partial charge in [0.15, 0.2) is 0 Å².